The first kappa shape index (κ1) is 12.1. The summed E-state index contributed by atoms with van der Waals surface area (Å²) >= 11 is 0. The molecule has 0 bridgehead atoms. The number of phenols is 1. The Morgan fingerprint density at radius 3 is 2.69 bits per heavy atom. The van der Waals surface area contributed by atoms with Gasteiger partial charge >= 0.3 is 0 Å². The first-order valence-electron chi connectivity index (χ1n) is 4.56. The van der Waals surface area contributed by atoms with Gasteiger partial charge in [0.1, 0.15) is 11.5 Å². The maximum atomic E-state index is 10.8. The second-order valence-electron chi connectivity index (χ2n) is 3.42. The fraction of sp³-hybridized carbons (Fsp3) is 0.300. The average Bonchev–Trinajstić information content (AvgIpc) is 2.16. The van der Waals surface area contributed by atoms with Crippen molar-refractivity contribution in [2.45, 2.75) is 19.4 Å². The fourth-order valence-electron chi connectivity index (χ4n) is 1.30. The molecule has 6 heteroatoms. The molecule has 6 nitrogen and oxygen atoms in total. The van der Waals surface area contributed by atoms with Gasteiger partial charge in [-0.25, -0.2) is 0 Å². The fourth-order valence-corrected chi connectivity index (χ4v) is 1.30. The van der Waals surface area contributed by atoms with Crippen LogP contribution in [0.3, 0.4) is 0 Å². The van der Waals surface area contributed by atoms with Gasteiger partial charge in [-0.05, 0) is 13.0 Å². The van der Waals surface area contributed by atoms with Crippen LogP contribution in [0.2, 0.25) is 0 Å². The first-order valence-corrected chi connectivity index (χ1v) is 4.56. The molecule has 1 atom stereocenters. The molecule has 1 rings (SSSR count). The normalized spacial score (nSPS) is 12.1. The smallest absolute Gasteiger partial charge is 0.270 e. The molecule has 2 N–H and O–H groups in total. The zero-order chi connectivity index (χ0) is 12.3. The molecule has 0 aromatic heterocycles. The average molecular weight is 225 g/mol. The van der Waals surface area contributed by atoms with Gasteiger partial charge in [0.25, 0.3) is 5.69 Å². The van der Waals surface area contributed by atoms with E-state index >= 15 is 0 Å². The van der Waals surface area contributed by atoms with E-state index in [1.807, 2.05) is 0 Å². The first-order chi connectivity index (χ1) is 7.41. The molecular weight excluding hydrogens is 214 g/mol. The van der Waals surface area contributed by atoms with E-state index in [4.69, 9.17) is 0 Å². The summed E-state index contributed by atoms with van der Waals surface area (Å²) < 4.78 is 0. The van der Waals surface area contributed by atoms with Gasteiger partial charge in [-0.3, -0.25) is 14.9 Å². The summed E-state index contributed by atoms with van der Waals surface area (Å²) in [6.07, 6.45) is -1.41. The molecule has 0 aliphatic carbocycles. The third-order valence-electron chi connectivity index (χ3n) is 2.06. The SMILES string of the molecule is CC(=O)C[C@@H](O)c1cc([N+](=O)[O-])ccc1O. The highest BCUT2D eigenvalue weighted by atomic mass is 16.6. The van der Waals surface area contributed by atoms with Crippen molar-refractivity contribution < 1.29 is 19.9 Å². The number of rotatable bonds is 4. The van der Waals surface area contributed by atoms with Crippen molar-refractivity contribution in [2.75, 3.05) is 0 Å². The van der Waals surface area contributed by atoms with E-state index in [1.54, 1.807) is 0 Å². The molecular formula is C10H11NO5. The number of Topliss-reactive ketones (excluding diaryl/α,β-unsaturated/α-hetero) is 1. The number of phenolic OH excluding ortho intramolecular Hbond substituents is 1. The van der Waals surface area contributed by atoms with Crippen LogP contribution in [0.25, 0.3) is 0 Å². The van der Waals surface area contributed by atoms with Gasteiger partial charge in [-0.1, -0.05) is 0 Å². The van der Waals surface area contributed by atoms with Crippen molar-refractivity contribution >= 4 is 11.5 Å². The Balaban J connectivity index is 3.06. The minimum Gasteiger partial charge on any atom is -0.508 e. The van der Waals surface area contributed by atoms with E-state index < -0.39 is 11.0 Å². The maximum absolute atomic E-state index is 10.8. The number of hydrogen-bond donors (Lipinski definition) is 2. The molecule has 86 valence electrons. The highest BCUT2D eigenvalue weighted by Gasteiger charge is 2.18. The second kappa shape index (κ2) is 4.71. The van der Waals surface area contributed by atoms with E-state index in [-0.39, 0.29) is 29.2 Å². The molecule has 1 aromatic carbocycles. The van der Waals surface area contributed by atoms with E-state index in [0.29, 0.717) is 0 Å². The number of carbonyl (C=O) groups is 1. The van der Waals surface area contributed by atoms with E-state index in [9.17, 15) is 25.1 Å². The van der Waals surface area contributed by atoms with Crippen molar-refractivity contribution in [3.05, 3.63) is 33.9 Å². The lowest BCUT2D eigenvalue weighted by molar-refractivity contribution is -0.385. The number of nitro groups is 1. The van der Waals surface area contributed by atoms with Gasteiger partial charge in [-0.2, -0.15) is 0 Å². The number of aromatic hydroxyl groups is 1. The third-order valence-corrected chi connectivity index (χ3v) is 2.06. The Morgan fingerprint density at radius 2 is 2.19 bits per heavy atom. The van der Waals surface area contributed by atoms with Crippen LogP contribution in [0.1, 0.15) is 25.0 Å². The molecule has 0 saturated heterocycles. The second-order valence-corrected chi connectivity index (χ2v) is 3.42. The Labute approximate surface area is 91.3 Å². The predicted molar refractivity (Wildman–Crippen MR) is 55.0 cm³/mol. The summed E-state index contributed by atoms with van der Waals surface area (Å²) in [5.41, 5.74) is -0.250. The Bertz CT molecular complexity index is 429. The zero-order valence-corrected chi connectivity index (χ0v) is 8.58. The molecule has 0 aliphatic rings. The van der Waals surface area contributed by atoms with Crippen LogP contribution in [-0.2, 0) is 4.79 Å². The van der Waals surface area contributed by atoms with Crippen LogP contribution < -0.4 is 0 Å². The molecule has 0 fully saturated rings. The van der Waals surface area contributed by atoms with E-state index in [1.165, 1.54) is 6.92 Å². The third kappa shape index (κ3) is 2.77. The van der Waals surface area contributed by atoms with Gasteiger partial charge in [0.05, 0.1) is 11.0 Å². The molecule has 1 aromatic rings. The van der Waals surface area contributed by atoms with Crippen molar-refractivity contribution in [1.82, 2.24) is 0 Å². The number of hydrogen-bond acceptors (Lipinski definition) is 5. The zero-order valence-electron chi connectivity index (χ0n) is 8.58. The lowest BCUT2D eigenvalue weighted by Crippen LogP contribution is -2.04. The predicted octanol–water partition coefficient (Wildman–Crippen LogP) is 1.31. The van der Waals surface area contributed by atoms with Crippen molar-refractivity contribution in [1.29, 1.82) is 0 Å². The summed E-state index contributed by atoms with van der Waals surface area (Å²) in [6.45, 7) is 1.29. The number of nitro benzene ring substituents is 1. The number of non-ortho nitro benzene ring substituents is 1. The Hall–Kier alpha value is -1.95. The lowest BCUT2D eigenvalue weighted by atomic mass is 10.0. The monoisotopic (exact) mass is 225 g/mol. The number of aliphatic hydroxyl groups is 1. The van der Waals surface area contributed by atoms with Crippen molar-refractivity contribution in [2.24, 2.45) is 0 Å². The van der Waals surface area contributed by atoms with Crippen LogP contribution >= 0.6 is 0 Å². The molecule has 0 unspecified atom stereocenters. The Morgan fingerprint density at radius 1 is 1.56 bits per heavy atom. The van der Waals surface area contributed by atoms with Gasteiger partial charge in [0.2, 0.25) is 0 Å². The quantitative estimate of drug-likeness (QED) is 0.594. The molecule has 0 heterocycles. The maximum Gasteiger partial charge on any atom is 0.270 e. The minimum atomic E-state index is -1.22. The minimum absolute atomic E-state index is 0.00981. The van der Waals surface area contributed by atoms with Crippen LogP contribution in [0, 0.1) is 10.1 Å². The number of nitrogens with zero attached hydrogens (tertiary/aromatic N) is 1. The topological polar surface area (TPSA) is 101 Å². The van der Waals surface area contributed by atoms with Crippen LogP contribution in [0.15, 0.2) is 18.2 Å². The highest BCUT2D eigenvalue weighted by Crippen LogP contribution is 2.30. The summed E-state index contributed by atoms with van der Waals surface area (Å²) in [6, 6.07) is 3.30. The van der Waals surface area contributed by atoms with Gasteiger partial charge in [0.15, 0.2) is 0 Å². The van der Waals surface area contributed by atoms with Gasteiger partial charge in [-0.15, -0.1) is 0 Å². The van der Waals surface area contributed by atoms with E-state index in [0.717, 1.165) is 18.2 Å². The number of aliphatic hydroxyl groups excluding tert-OH is 1. The molecule has 0 saturated carbocycles. The number of ketones is 1. The molecule has 0 spiro atoms. The molecule has 0 amide bonds. The lowest BCUT2D eigenvalue weighted by Gasteiger charge is -2.10. The highest BCUT2D eigenvalue weighted by molar-refractivity contribution is 5.76. The summed E-state index contributed by atoms with van der Waals surface area (Å²) in [5, 5.41) is 29.5. The molecule has 0 radical (unpaired) electrons. The summed E-state index contributed by atoms with van der Waals surface area (Å²) in [5.74, 6) is -0.530. The largest absolute Gasteiger partial charge is 0.508 e. The molecule has 0 aliphatic heterocycles. The van der Waals surface area contributed by atoms with Gasteiger partial charge < -0.3 is 10.2 Å². The number of carbonyl (C=O) groups excluding carboxylic acids is 1. The van der Waals surface area contributed by atoms with Crippen LogP contribution in [0.4, 0.5) is 5.69 Å². The summed E-state index contributed by atoms with van der Waals surface area (Å²) in [7, 11) is 0. The number of benzene rings is 1. The van der Waals surface area contributed by atoms with Crippen LogP contribution in [-0.4, -0.2) is 20.9 Å². The van der Waals surface area contributed by atoms with Crippen molar-refractivity contribution in [3.63, 3.8) is 0 Å². The van der Waals surface area contributed by atoms with Crippen LogP contribution in [0.5, 0.6) is 5.75 Å². The van der Waals surface area contributed by atoms with E-state index in [2.05, 4.69) is 0 Å². The molecule has 16 heavy (non-hydrogen) atoms. The van der Waals surface area contributed by atoms with Crippen molar-refractivity contribution in [3.8, 4) is 5.75 Å². The Kier molecular flexibility index (Phi) is 3.57. The summed E-state index contributed by atoms with van der Waals surface area (Å²) in [4.78, 5) is 20.6. The van der Waals surface area contributed by atoms with Gasteiger partial charge in [0, 0.05) is 24.1 Å². The standard InChI is InChI=1S/C10H11NO5/c1-6(12)4-10(14)8-5-7(11(15)16)2-3-9(8)13/h2-3,5,10,13-14H,4H2,1H3/t10-/m1/s1.